The predicted molar refractivity (Wildman–Crippen MR) is 129 cm³/mol. The summed E-state index contributed by atoms with van der Waals surface area (Å²) in [6, 6.07) is 13.9. The Morgan fingerprint density at radius 1 is 0.971 bits per heavy atom. The second-order valence-electron chi connectivity index (χ2n) is 9.00. The quantitative estimate of drug-likeness (QED) is 0.346. The van der Waals surface area contributed by atoms with Crippen molar-refractivity contribution in [3.63, 3.8) is 0 Å². The highest BCUT2D eigenvalue weighted by Gasteiger charge is 2.47. The van der Waals surface area contributed by atoms with Gasteiger partial charge in [-0.1, -0.05) is 17.7 Å². The maximum atomic E-state index is 14.0. The number of halogens is 3. The molecule has 0 saturated carbocycles. The molecule has 1 amide bonds. The standard InChI is InChI=1S/C26H24ClF2N3O3/c27-18-3-1-4-20(15-18)35-21-8-12-31(34)24(17-21)30-13-10-26(11-14-30)9-2-5-25(33)32(26)19-6-7-22(28)23(29)16-19/h1,3-4,6-8,12,15-17H,2,5,9-11,13-14H2. The molecule has 3 aromatic rings. The highest BCUT2D eigenvalue weighted by molar-refractivity contribution is 6.30. The van der Waals surface area contributed by atoms with Crippen LogP contribution in [0.15, 0.2) is 60.8 Å². The predicted octanol–water partition coefficient (Wildman–Crippen LogP) is 5.60. The van der Waals surface area contributed by atoms with Crippen LogP contribution in [0.25, 0.3) is 0 Å². The van der Waals surface area contributed by atoms with Crippen molar-refractivity contribution in [3.8, 4) is 11.5 Å². The first kappa shape index (κ1) is 23.4. The lowest BCUT2D eigenvalue weighted by Gasteiger charge is -2.50. The van der Waals surface area contributed by atoms with Crippen molar-refractivity contribution in [2.75, 3.05) is 22.9 Å². The molecular formula is C26H24ClF2N3O3. The van der Waals surface area contributed by atoms with Crippen molar-refractivity contribution in [3.05, 3.63) is 82.7 Å². The summed E-state index contributed by atoms with van der Waals surface area (Å²) < 4.78 is 34.2. The molecule has 0 aliphatic carbocycles. The Bertz CT molecular complexity index is 1260. The van der Waals surface area contributed by atoms with Crippen molar-refractivity contribution >= 4 is 29.0 Å². The van der Waals surface area contributed by atoms with Gasteiger partial charge in [0, 0.05) is 42.1 Å². The third-order valence-electron chi connectivity index (χ3n) is 6.84. The Kier molecular flexibility index (Phi) is 6.23. The van der Waals surface area contributed by atoms with Crippen molar-refractivity contribution in [2.24, 2.45) is 0 Å². The van der Waals surface area contributed by atoms with Crippen LogP contribution >= 0.6 is 11.6 Å². The number of benzene rings is 2. The highest BCUT2D eigenvalue weighted by Crippen LogP contribution is 2.42. The minimum atomic E-state index is -0.975. The zero-order valence-electron chi connectivity index (χ0n) is 18.9. The van der Waals surface area contributed by atoms with Gasteiger partial charge in [-0.3, -0.25) is 9.69 Å². The van der Waals surface area contributed by atoms with E-state index < -0.39 is 17.2 Å². The van der Waals surface area contributed by atoms with Gasteiger partial charge in [-0.25, -0.2) is 13.5 Å². The molecule has 9 heteroatoms. The molecule has 3 heterocycles. The molecule has 0 N–H and O–H groups in total. The van der Waals surface area contributed by atoms with Crippen LogP contribution in [0.4, 0.5) is 20.3 Å². The number of pyridine rings is 1. The van der Waals surface area contributed by atoms with Gasteiger partial charge in [0.1, 0.15) is 11.5 Å². The van der Waals surface area contributed by atoms with Gasteiger partial charge >= 0.3 is 0 Å². The fraction of sp³-hybridized carbons (Fsp3) is 0.308. The number of rotatable bonds is 4. The molecule has 1 aromatic heterocycles. The number of piperidine rings is 2. The molecule has 0 bridgehead atoms. The van der Waals surface area contributed by atoms with Crippen LogP contribution in [0.2, 0.25) is 5.02 Å². The second kappa shape index (κ2) is 9.34. The van der Waals surface area contributed by atoms with Crippen LogP contribution in [0.1, 0.15) is 32.1 Å². The van der Waals surface area contributed by atoms with Gasteiger partial charge in [0.15, 0.2) is 11.6 Å². The molecule has 2 saturated heterocycles. The van der Waals surface area contributed by atoms with E-state index in [1.54, 1.807) is 41.3 Å². The number of hydrogen-bond acceptors (Lipinski definition) is 4. The van der Waals surface area contributed by atoms with E-state index in [2.05, 4.69) is 0 Å². The summed E-state index contributed by atoms with van der Waals surface area (Å²) in [4.78, 5) is 16.5. The summed E-state index contributed by atoms with van der Waals surface area (Å²) >= 11 is 6.03. The summed E-state index contributed by atoms with van der Waals surface area (Å²) in [6.45, 7) is 1.05. The van der Waals surface area contributed by atoms with Gasteiger partial charge in [-0.2, -0.15) is 0 Å². The lowest BCUT2D eigenvalue weighted by atomic mass is 9.78. The van der Waals surface area contributed by atoms with E-state index in [0.29, 0.717) is 60.4 Å². The first-order valence-corrected chi connectivity index (χ1v) is 11.9. The van der Waals surface area contributed by atoms with Crippen LogP contribution in [0.5, 0.6) is 11.5 Å². The highest BCUT2D eigenvalue weighted by atomic mass is 35.5. The summed E-state index contributed by atoms with van der Waals surface area (Å²) in [5.41, 5.74) is -0.128. The van der Waals surface area contributed by atoms with Gasteiger partial charge < -0.3 is 14.8 Å². The third-order valence-corrected chi connectivity index (χ3v) is 7.07. The van der Waals surface area contributed by atoms with E-state index in [0.717, 1.165) is 29.7 Å². The molecule has 1 spiro atoms. The van der Waals surface area contributed by atoms with Gasteiger partial charge in [0.2, 0.25) is 5.91 Å². The molecule has 35 heavy (non-hydrogen) atoms. The molecule has 2 aliphatic rings. The normalized spacial score (nSPS) is 17.6. The Hall–Kier alpha value is -3.39. The number of hydrogen-bond donors (Lipinski definition) is 0. The average molecular weight is 500 g/mol. The van der Waals surface area contributed by atoms with Crippen molar-refractivity contribution in [2.45, 2.75) is 37.6 Å². The van der Waals surface area contributed by atoms with E-state index in [9.17, 15) is 18.8 Å². The lowest BCUT2D eigenvalue weighted by molar-refractivity contribution is -0.592. The number of nitrogens with zero attached hydrogens (tertiary/aromatic N) is 3. The minimum Gasteiger partial charge on any atom is -0.711 e. The molecule has 2 aliphatic heterocycles. The Morgan fingerprint density at radius 3 is 2.49 bits per heavy atom. The summed E-state index contributed by atoms with van der Waals surface area (Å²) in [5.74, 6) is -0.495. The smallest absolute Gasteiger partial charge is 0.283 e. The summed E-state index contributed by atoms with van der Waals surface area (Å²) in [6.07, 6.45) is 4.46. The number of carbonyl (C=O) groups excluding carboxylic acids is 1. The molecule has 2 fully saturated rings. The fourth-order valence-corrected chi connectivity index (χ4v) is 5.32. The number of ether oxygens (including phenoxy) is 1. The van der Waals surface area contributed by atoms with Crippen LogP contribution in [0.3, 0.4) is 0 Å². The molecule has 0 atom stereocenters. The number of carbonyl (C=O) groups is 1. The zero-order valence-corrected chi connectivity index (χ0v) is 19.7. The Labute approximate surface area is 206 Å². The Balaban J connectivity index is 1.37. The van der Waals surface area contributed by atoms with Crippen molar-refractivity contribution in [1.29, 1.82) is 0 Å². The topological polar surface area (TPSA) is 59.7 Å². The first-order valence-electron chi connectivity index (χ1n) is 11.5. The van der Waals surface area contributed by atoms with Gasteiger partial charge in [0.25, 0.3) is 5.82 Å². The SMILES string of the molecule is O=C1CCCC2(CCN(c3cc(Oc4cccc(Cl)c4)cc[n+]3[O-])CC2)N1c1ccc(F)c(F)c1. The fourth-order valence-electron chi connectivity index (χ4n) is 5.14. The molecule has 5 rings (SSSR count). The molecule has 0 unspecified atom stereocenters. The summed E-state index contributed by atoms with van der Waals surface area (Å²) in [5, 5.41) is 13.2. The average Bonchev–Trinajstić information content (AvgIpc) is 2.83. The third kappa shape index (κ3) is 4.62. The van der Waals surface area contributed by atoms with Gasteiger partial charge in [-0.15, -0.1) is 0 Å². The molecule has 0 radical (unpaired) electrons. The van der Waals surface area contributed by atoms with E-state index in [-0.39, 0.29) is 5.91 Å². The van der Waals surface area contributed by atoms with Crippen molar-refractivity contribution < 1.29 is 23.0 Å². The molecule has 182 valence electrons. The molecular weight excluding hydrogens is 476 g/mol. The monoisotopic (exact) mass is 499 g/mol. The number of amides is 1. The maximum absolute atomic E-state index is 14.0. The van der Waals surface area contributed by atoms with Crippen LogP contribution < -0.4 is 19.3 Å². The largest absolute Gasteiger partial charge is 0.711 e. The van der Waals surface area contributed by atoms with E-state index in [1.165, 1.54) is 12.3 Å². The van der Waals surface area contributed by atoms with Crippen LogP contribution in [-0.4, -0.2) is 24.5 Å². The summed E-state index contributed by atoms with van der Waals surface area (Å²) in [7, 11) is 0. The molecule has 6 nitrogen and oxygen atoms in total. The van der Waals surface area contributed by atoms with E-state index in [4.69, 9.17) is 16.3 Å². The van der Waals surface area contributed by atoms with Crippen LogP contribution in [-0.2, 0) is 4.79 Å². The number of anilines is 2. The molecule has 2 aromatic carbocycles. The lowest BCUT2D eigenvalue weighted by Crippen LogP contribution is -2.60. The minimum absolute atomic E-state index is 0.0912. The second-order valence-corrected chi connectivity index (χ2v) is 9.43. The van der Waals surface area contributed by atoms with Gasteiger partial charge in [0.05, 0.1) is 30.9 Å². The first-order chi connectivity index (χ1) is 16.8. The maximum Gasteiger partial charge on any atom is 0.283 e. The Morgan fingerprint density at radius 2 is 1.74 bits per heavy atom. The van der Waals surface area contributed by atoms with E-state index >= 15 is 0 Å². The number of aromatic nitrogens is 1. The van der Waals surface area contributed by atoms with Gasteiger partial charge in [-0.05, 0) is 43.2 Å². The zero-order chi connectivity index (χ0) is 24.6. The van der Waals surface area contributed by atoms with Crippen molar-refractivity contribution in [1.82, 2.24) is 0 Å². The van der Waals surface area contributed by atoms with Crippen LogP contribution in [0, 0.1) is 16.8 Å². The van der Waals surface area contributed by atoms with E-state index in [1.807, 2.05) is 4.90 Å².